The minimum Gasteiger partial charge on any atom is -0.507 e. The molecule has 0 aliphatic carbocycles. The van der Waals surface area contributed by atoms with Crippen molar-refractivity contribution in [2.75, 3.05) is 41.6 Å². The lowest BCUT2D eigenvalue weighted by molar-refractivity contribution is -0.140. The summed E-state index contributed by atoms with van der Waals surface area (Å²) in [6.45, 7) is 2.52. The number of methoxy groups -OCH3 is 4. The maximum absolute atomic E-state index is 13.2. The van der Waals surface area contributed by atoms with Crippen LogP contribution in [0.2, 0.25) is 0 Å². The Labute approximate surface area is 193 Å². The molecule has 176 valence electrons. The number of hydrogen-bond acceptors (Lipinski definition) is 7. The second-order valence-electron chi connectivity index (χ2n) is 7.61. The van der Waals surface area contributed by atoms with Crippen molar-refractivity contribution in [2.45, 2.75) is 19.4 Å². The van der Waals surface area contributed by atoms with Crippen molar-refractivity contribution in [2.24, 2.45) is 0 Å². The first-order valence-electron chi connectivity index (χ1n) is 10.5. The maximum atomic E-state index is 13.2. The summed E-state index contributed by atoms with van der Waals surface area (Å²) < 4.78 is 21.4. The Bertz CT molecular complexity index is 1080. The monoisotopic (exact) mass is 455 g/mol. The van der Waals surface area contributed by atoms with Gasteiger partial charge in [0, 0.05) is 31.4 Å². The van der Waals surface area contributed by atoms with Crippen LogP contribution < -0.4 is 14.2 Å². The lowest BCUT2D eigenvalue weighted by Gasteiger charge is -2.27. The number of benzene rings is 2. The minimum atomic E-state index is -0.852. The molecule has 0 radical (unpaired) electrons. The molecule has 1 aliphatic rings. The molecule has 1 atom stereocenters. The van der Waals surface area contributed by atoms with Crippen LogP contribution in [0.3, 0.4) is 0 Å². The molecule has 0 aromatic heterocycles. The van der Waals surface area contributed by atoms with Crippen LogP contribution in [0.4, 0.5) is 0 Å². The summed E-state index contributed by atoms with van der Waals surface area (Å²) in [4.78, 5) is 27.7. The number of ketones is 1. The molecule has 3 rings (SSSR count). The fourth-order valence-electron chi connectivity index (χ4n) is 4.12. The fourth-order valence-corrected chi connectivity index (χ4v) is 4.12. The molecule has 0 saturated carbocycles. The summed E-state index contributed by atoms with van der Waals surface area (Å²) in [5, 5.41) is 11.3. The van der Waals surface area contributed by atoms with Gasteiger partial charge in [-0.05, 0) is 43.2 Å². The van der Waals surface area contributed by atoms with E-state index in [1.807, 2.05) is 6.92 Å². The van der Waals surface area contributed by atoms with E-state index in [0.717, 1.165) is 5.56 Å². The standard InChI is InChI=1S/C25H29NO7/c1-15-14-16(10-11-18(15)31-3)22(27)20-21(17-8-6-9-19(32-4)24(17)33-5)26(12-7-13-30-2)25(29)23(20)28/h6,8-11,14,21,27H,7,12-13H2,1-5H3/t21-/m0/s1. The largest absolute Gasteiger partial charge is 0.507 e. The van der Waals surface area contributed by atoms with Crippen LogP contribution in [0.25, 0.3) is 5.76 Å². The molecule has 1 saturated heterocycles. The van der Waals surface area contributed by atoms with Crippen LogP contribution in [-0.2, 0) is 14.3 Å². The van der Waals surface area contributed by atoms with Crippen molar-refractivity contribution in [3.05, 3.63) is 58.7 Å². The molecular weight excluding hydrogens is 426 g/mol. The van der Waals surface area contributed by atoms with Gasteiger partial charge in [-0.2, -0.15) is 0 Å². The number of aliphatic hydroxyl groups excluding tert-OH is 1. The number of para-hydroxylation sites is 1. The molecule has 33 heavy (non-hydrogen) atoms. The Kier molecular flexibility index (Phi) is 7.60. The number of ether oxygens (including phenoxy) is 4. The SMILES string of the molecule is COCCCN1C(=O)C(=O)C(=C(O)c2ccc(OC)c(C)c2)[C@@H]1c1cccc(OC)c1OC. The Morgan fingerprint density at radius 2 is 1.73 bits per heavy atom. The number of aryl methyl sites for hydroxylation is 1. The highest BCUT2D eigenvalue weighted by molar-refractivity contribution is 6.46. The Morgan fingerprint density at radius 3 is 2.33 bits per heavy atom. The van der Waals surface area contributed by atoms with E-state index in [2.05, 4.69) is 0 Å². The number of nitrogens with zero attached hydrogens (tertiary/aromatic N) is 1. The topological polar surface area (TPSA) is 94.5 Å². The number of Topliss-reactive ketones (excluding diaryl/α,β-unsaturated/α-hetero) is 1. The van der Waals surface area contributed by atoms with Crippen molar-refractivity contribution < 1.29 is 33.6 Å². The van der Waals surface area contributed by atoms with Crippen molar-refractivity contribution in [1.29, 1.82) is 0 Å². The number of amides is 1. The number of carbonyl (C=O) groups excluding carboxylic acids is 2. The van der Waals surface area contributed by atoms with Gasteiger partial charge in [0.1, 0.15) is 11.5 Å². The van der Waals surface area contributed by atoms with Gasteiger partial charge in [-0.3, -0.25) is 9.59 Å². The first-order valence-corrected chi connectivity index (χ1v) is 10.5. The van der Waals surface area contributed by atoms with Gasteiger partial charge in [0.25, 0.3) is 11.7 Å². The molecule has 0 bridgehead atoms. The summed E-state index contributed by atoms with van der Waals surface area (Å²) in [5.41, 5.74) is 1.73. The predicted molar refractivity (Wildman–Crippen MR) is 123 cm³/mol. The lowest BCUT2D eigenvalue weighted by Crippen LogP contribution is -2.31. The second kappa shape index (κ2) is 10.4. The summed E-state index contributed by atoms with van der Waals surface area (Å²) in [6, 6.07) is 9.46. The number of rotatable bonds is 9. The Hall–Kier alpha value is -3.52. The van der Waals surface area contributed by atoms with Crippen LogP contribution in [0.15, 0.2) is 42.0 Å². The highest BCUT2D eigenvalue weighted by Gasteiger charge is 2.47. The van der Waals surface area contributed by atoms with E-state index >= 15 is 0 Å². The second-order valence-corrected chi connectivity index (χ2v) is 7.61. The third-order valence-electron chi connectivity index (χ3n) is 5.68. The van der Waals surface area contributed by atoms with E-state index in [9.17, 15) is 14.7 Å². The van der Waals surface area contributed by atoms with Gasteiger partial charge in [0.15, 0.2) is 11.5 Å². The predicted octanol–water partition coefficient (Wildman–Crippen LogP) is 3.48. The van der Waals surface area contributed by atoms with Crippen LogP contribution in [-0.4, -0.2) is 63.3 Å². The Balaban J connectivity index is 2.22. The molecule has 2 aromatic carbocycles. The highest BCUT2D eigenvalue weighted by atomic mass is 16.5. The highest BCUT2D eigenvalue weighted by Crippen LogP contribution is 2.45. The first kappa shape index (κ1) is 24.1. The molecule has 2 aromatic rings. The van der Waals surface area contributed by atoms with E-state index in [-0.39, 0.29) is 17.9 Å². The van der Waals surface area contributed by atoms with E-state index < -0.39 is 17.7 Å². The van der Waals surface area contributed by atoms with Crippen molar-refractivity contribution in [1.82, 2.24) is 4.90 Å². The average Bonchev–Trinajstić information content (AvgIpc) is 3.07. The van der Waals surface area contributed by atoms with Gasteiger partial charge >= 0.3 is 0 Å². The van der Waals surface area contributed by atoms with Crippen molar-refractivity contribution in [3.8, 4) is 17.2 Å². The maximum Gasteiger partial charge on any atom is 0.295 e. The zero-order valence-electron chi connectivity index (χ0n) is 19.5. The average molecular weight is 456 g/mol. The lowest BCUT2D eigenvalue weighted by atomic mass is 9.94. The van der Waals surface area contributed by atoms with Gasteiger partial charge in [-0.15, -0.1) is 0 Å². The quantitative estimate of drug-likeness (QED) is 0.268. The molecule has 8 heteroatoms. The van der Waals surface area contributed by atoms with E-state index in [4.69, 9.17) is 18.9 Å². The number of aliphatic hydroxyl groups is 1. The molecule has 1 aliphatic heterocycles. The number of likely N-dealkylation sites (tertiary alicyclic amines) is 1. The molecule has 1 amide bonds. The zero-order chi connectivity index (χ0) is 24.1. The summed E-state index contributed by atoms with van der Waals surface area (Å²) in [7, 11) is 6.13. The van der Waals surface area contributed by atoms with Crippen molar-refractivity contribution >= 4 is 17.4 Å². The smallest absolute Gasteiger partial charge is 0.295 e. The molecule has 1 N–H and O–H groups in total. The third kappa shape index (κ3) is 4.52. The molecule has 0 spiro atoms. The minimum absolute atomic E-state index is 0.00598. The van der Waals surface area contributed by atoms with Gasteiger partial charge in [0.05, 0.1) is 32.9 Å². The van der Waals surface area contributed by atoms with Gasteiger partial charge in [0.2, 0.25) is 0 Å². The fraction of sp³-hybridized carbons (Fsp3) is 0.360. The van der Waals surface area contributed by atoms with Crippen LogP contribution in [0, 0.1) is 6.92 Å². The van der Waals surface area contributed by atoms with Gasteiger partial charge < -0.3 is 29.0 Å². The zero-order valence-corrected chi connectivity index (χ0v) is 19.5. The van der Waals surface area contributed by atoms with Gasteiger partial charge in [-0.1, -0.05) is 12.1 Å². The normalized spacial score (nSPS) is 17.4. The molecule has 1 fully saturated rings. The van der Waals surface area contributed by atoms with Crippen molar-refractivity contribution in [3.63, 3.8) is 0 Å². The van der Waals surface area contributed by atoms with E-state index in [0.29, 0.717) is 41.4 Å². The molecular formula is C25H29NO7. The number of hydrogen-bond donors (Lipinski definition) is 1. The summed E-state index contributed by atoms with van der Waals surface area (Å²) >= 11 is 0. The number of carbonyl (C=O) groups is 2. The summed E-state index contributed by atoms with van der Waals surface area (Å²) in [6.07, 6.45) is 0.522. The third-order valence-corrected chi connectivity index (χ3v) is 5.68. The molecule has 1 heterocycles. The van der Waals surface area contributed by atoms with Crippen LogP contribution in [0.5, 0.6) is 17.2 Å². The molecule has 0 unspecified atom stereocenters. The van der Waals surface area contributed by atoms with Gasteiger partial charge in [-0.25, -0.2) is 0 Å². The van der Waals surface area contributed by atoms with Crippen LogP contribution in [0.1, 0.15) is 29.2 Å². The van der Waals surface area contributed by atoms with E-state index in [1.54, 1.807) is 50.6 Å². The van der Waals surface area contributed by atoms with Crippen LogP contribution >= 0.6 is 0 Å². The van der Waals surface area contributed by atoms with E-state index in [1.165, 1.54) is 19.1 Å². The molecule has 8 nitrogen and oxygen atoms in total. The summed E-state index contributed by atoms with van der Waals surface area (Å²) in [5.74, 6) is -0.208. The first-order chi connectivity index (χ1) is 15.9. The Morgan fingerprint density at radius 1 is 1.00 bits per heavy atom.